The first-order chi connectivity index (χ1) is 11.3. The molecular weight excluding hydrogens is 326 g/mol. The summed E-state index contributed by atoms with van der Waals surface area (Å²) >= 11 is 0. The van der Waals surface area contributed by atoms with Crippen molar-refractivity contribution < 1.29 is 13.2 Å². The van der Waals surface area contributed by atoms with Gasteiger partial charge in [0.1, 0.15) is 5.82 Å². The molecule has 0 atom stereocenters. The van der Waals surface area contributed by atoms with E-state index < -0.39 is 9.84 Å². The molecule has 6 nitrogen and oxygen atoms in total. The van der Waals surface area contributed by atoms with Crippen molar-refractivity contribution >= 4 is 21.6 Å². The fourth-order valence-corrected chi connectivity index (χ4v) is 3.47. The Morgan fingerprint density at radius 1 is 1.21 bits per heavy atom. The number of carbonyl (C=O) groups excluding carboxylic acids is 1. The number of nitrogens with one attached hydrogen (secondary N) is 1. The summed E-state index contributed by atoms with van der Waals surface area (Å²) in [4.78, 5) is 12.3. The highest BCUT2D eigenvalue weighted by Gasteiger charge is 2.17. The number of benzene rings is 1. The molecule has 1 heterocycles. The molecule has 0 unspecified atom stereocenters. The lowest BCUT2D eigenvalue weighted by molar-refractivity contribution is -0.115. The van der Waals surface area contributed by atoms with E-state index in [-0.39, 0.29) is 23.0 Å². The molecule has 1 N–H and O–H groups in total. The molecule has 24 heavy (non-hydrogen) atoms. The van der Waals surface area contributed by atoms with Crippen LogP contribution in [0.2, 0.25) is 0 Å². The molecule has 1 aromatic carbocycles. The van der Waals surface area contributed by atoms with Crippen LogP contribution < -0.4 is 5.32 Å². The van der Waals surface area contributed by atoms with E-state index in [1.54, 1.807) is 41.2 Å². The fourth-order valence-electron chi connectivity index (χ4n) is 2.23. The molecule has 0 saturated carbocycles. The summed E-state index contributed by atoms with van der Waals surface area (Å²) in [5.74, 6) is 0.417. The van der Waals surface area contributed by atoms with E-state index in [1.165, 1.54) is 0 Å². The summed E-state index contributed by atoms with van der Waals surface area (Å²) < 4.78 is 26.2. The lowest BCUT2D eigenvalue weighted by Gasteiger charge is -2.11. The van der Waals surface area contributed by atoms with Crippen molar-refractivity contribution in [2.45, 2.75) is 38.6 Å². The van der Waals surface area contributed by atoms with E-state index in [0.717, 1.165) is 5.56 Å². The zero-order valence-electron chi connectivity index (χ0n) is 14.2. The van der Waals surface area contributed by atoms with Crippen LogP contribution >= 0.6 is 0 Å². The third-order valence-electron chi connectivity index (χ3n) is 3.50. The van der Waals surface area contributed by atoms with Crippen LogP contribution in [0, 0.1) is 12.8 Å². The number of nitrogens with zero attached hydrogens (tertiary/aromatic N) is 2. The summed E-state index contributed by atoms with van der Waals surface area (Å²) in [5.41, 5.74) is 0.991. The smallest absolute Gasteiger partial charge is 0.226 e. The molecular formula is C17H23N3O3S. The van der Waals surface area contributed by atoms with Gasteiger partial charge in [-0.2, -0.15) is 5.10 Å². The maximum atomic E-state index is 12.3. The standard InChI is InChI=1S/C17H23N3O3S/c1-13(2)12-20-16(8-10-18-20)19-17(21)9-11-24(22,23)15-6-4-14(3)5-7-15/h4-8,10,13H,9,11-12H2,1-3H3,(H,19,21). The van der Waals surface area contributed by atoms with Crippen LogP contribution in [0.15, 0.2) is 41.4 Å². The van der Waals surface area contributed by atoms with Gasteiger partial charge in [-0.25, -0.2) is 13.1 Å². The molecule has 2 aromatic rings. The Kier molecular flexibility index (Phi) is 5.77. The van der Waals surface area contributed by atoms with Gasteiger partial charge in [0.25, 0.3) is 0 Å². The summed E-state index contributed by atoms with van der Waals surface area (Å²) in [6.07, 6.45) is 1.52. The average Bonchev–Trinajstić information content (AvgIpc) is 2.92. The number of rotatable bonds is 7. The summed E-state index contributed by atoms with van der Waals surface area (Å²) in [6.45, 7) is 6.69. The molecule has 2 rings (SSSR count). The van der Waals surface area contributed by atoms with Crippen LogP contribution in [-0.2, 0) is 21.2 Å². The predicted octanol–water partition coefficient (Wildman–Crippen LogP) is 2.65. The van der Waals surface area contributed by atoms with Gasteiger partial charge >= 0.3 is 0 Å². The molecule has 0 aliphatic heterocycles. The number of hydrogen-bond acceptors (Lipinski definition) is 4. The Labute approximate surface area is 142 Å². The molecule has 0 aliphatic carbocycles. The fraction of sp³-hybridized carbons (Fsp3) is 0.412. The topological polar surface area (TPSA) is 81.1 Å². The summed E-state index contributed by atoms with van der Waals surface area (Å²) in [5, 5.41) is 6.88. The van der Waals surface area contributed by atoms with E-state index in [9.17, 15) is 13.2 Å². The number of sulfone groups is 1. The SMILES string of the molecule is Cc1ccc(S(=O)(=O)CCC(=O)Nc2ccnn2CC(C)C)cc1. The number of amides is 1. The average molecular weight is 349 g/mol. The largest absolute Gasteiger partial charge is 0.311 e. The molecule has 7 heteroatoms. The molecule has 1 aromatic heterocycles. The number of aromatic nitrogens is 2. The van der Waals surface area contributed by atoms with Crippen LogP contribution in [-0.4, -0.2) is 29.9 Å². The van der Waals surface area contributed by atoms with Gasteiger partial charge < -0.3 is 5.32 Å². The highest BCUT2D eigenvalue weighted by molar-refractivity contribution is 7.91. The van der Waals surface area contributed by atoms with Gasteiger partial charge in [-0.05, 0) is 25.0 Å². The molecule has 0 radical (unpaired) electrons. The minimum atomic E-state index is -3.46. The van der Waals surface area contributed by atoms with E-state index in [2.05, 4.69) is 24.3 Å². The summed E-state index contributed by atoms with van der Waals surface area (Å²) in [7, 11) is -3.46. The zero-order chi connectivity index (χ0) is 17.7. The maximum Gasteiger partial charge on any atom is 0.226 e. The van der Waals surface area contributed by atoms with Crippen molar-refractivity contribution in [3.8, 4) is 0 Å². The number of hydrogen-bond donors (Lipinski definition) is 1. The van der Waals surface area contributed by atoms with Crippen molar-refractivity contribution in [1.29, 1.82) is 0 Å². The maximum absolute atomic E-state index is 12.3. The highest BCUT2D eigenvalue weighted by Crippen LogP contribution is 2.14. The predicted molar refractivity (Wildman–Crippen MR) is 93.5 cm³/mol. The number of aryl methyl sites for hydroxylation is 1. The first kappa shape index (κ1) is 18.2. The third kappa shape index (κ3) is 4.92. The Balaban J connectivity index is 1.96. The second kappa shape index (κ2) is 7.61. The molecule has 0 aliphatic rings. The highest BCUT2D eigenvalue weighted by atomic mass is 32.2. The third-order valence-corrected chi connectivity index (χ3v) is 5.23. The first-order valence-electron chi connectivity index (χ1n) is 7.89. The molecule has 130 valence electrons. The molecule has 0 saturated heterocycles. The van der Waals surface area contributed by atoms with Gasteiger partial charge in [0.15, 0.2) is 9.84 Å². The van der Waals surface area contributed by atoms with Crippen molar-refractivity contribution in [3.05, 3.63) is 42.1 Å². The molecule has 0 spiro atoms. The monoisotopic (exact) mass is 349 g/mol. The van der Waals surface area contributed by atoms with Gasteiger partial charge in [0.2, 0.25) is 5.91 Å². The Morgan fingerprint density at radius 2 is 1.88 bits per heavy atom. The normalized spacial score (nSPS) is 11.7. The van der Waals surface area contributed by atoms with Crippen LogP contribution in [0.1, 0.15) is 25.8 Å². The minimum Gasteiger partial charge on any atom is -0.311 e. The van der Waals surface area contributed by atoms with Crippen LogP contribution in [0.25, 0.3) is 0 Å². The van der Waals surface area contributed by atoms with Gasteiger partial charge in [0, 0.05) is 19.0 Å². The Hall–Kier alpha value is -2.15. The van der Waals surface area contributed by atoms with Crippen molar-refractivity contribution in [2.24, 2.45) is 5.92 Å². The van der Waals surface area contributed by atoms with Gasteiger partial charge in [0.05, 0.1) is 16.8 Å². The Morgan fingerprint density at radius 3 is 2.50 bits per heavy atom. The minimum absolute atomic E-state index is 0.0942. The molecule has 1 amide bonds. The first-order valence-corrected chi connectivity index (χ1v) is 9.54. The van der Waals surface area contributed by atoms with E-state index in [1.807, 2.05) is 6.92 Å². The second-order valence-electron chi connectivity index (χ2n) is 6.22. The van der Waals surface area contributed by atoms with Crippen molar-refractivity contribution in [1.82, 2.24) is 9.78 Å². The molecule has 0 bridgehead atoms. The number of anilines is 1. The van der Waals surface area contributed by atoms with Crippen LogP contribution in [0.5, 0.6) is 0 Å². The lowest BCUT2D eigenvalue weighted by Crippen LogP contribution is -2.20. The van der Waals surface area contributed by atoms with Gasteiger partial charge in [-0.3, -0.25) is 4.79 Å². The van der Waals surface area contributed by atoms with Crippen LogP contribution in [0.3, 0.4) is 0 Å². The van der Waals surface area contributed by atoms with E-state index >= 15 is 0 Å². The van der Waals surface area contributed by atoms with E-state index in [4.69, 9.17) is 0 Å². The van der Waals surface area contributed by atoms with E-state index in [0.29, 0.717) is 18.3 Å². The quantitative estimate of drug-likeness (QED) is 0.833. The van der Waals surface area contributed by atoms with Crippen molar-refractivity contribution in [2.75, 3.05) is 11.1 Å². The summed E-state index contributed by atoms with van der Waals surface area (Å²) in [6, 6.07) is 8.34. The lowest BCUT2D eigenvalue weighted by atomic mass is 10.2. The van der Waals surface area contributed by atoms with Crippen molar-refractivity contribution in [3.63, 3.8) is 0 Å². The number of carbonyl (C=O) groups is 1. The second-order valence-corrected chi connectivity index (χ2v) is 8.33. The molecule has 0 fully saturated rings. The van der Waals surface area contributed by atoms with Crippen LogP contribution in [0.4, 0.5) is 5.82 Å². The van der Waals surface area contributed by atoms with Gasteiger partial charge in [-0.15, -0.1) is 0 Å². The van der Waals surface area contributed by atoms with Gasteiger partial charge in [-0.1, -0.05) is 31.5 Å². The Bertz CT molecular complexity index is 793. The zero-order valence-corrected chi connectivity index (χ0v) is 15.0.